The van der Waals surface area contributed by atoms with Crippen molar-refractivity contribution in [1.82, 2.24) is 0 Å². The quantitative estimate of drug-likeness (QED) is 0.525. The van der Waals surface area contributed by atoms with E-state index in [0.717, 1.165) is 11.3 Å². The van der Waals surface area contributed by atoms with Crippen LogP contribution in [0.25, 0.3) is 0 Å². The Morgan fingerprint density at radius 3 is 2.40 bits per heavy atom. The van der Waals surface area contributed by atoms with Crippen molar-refractivity contribution in [3.63, 3.8) is 0 Å². The fourth-order valence-corrected chi connectivity index (χ4v) is 2.30. The van der Waals surface area contributed by atoms with Crippen LogP contribution in [0.1, 0.15) is 0 Å². The number of rotatable bonds is 1. The number of hydrogen-bond acceptors (Lipinski definition) is 4. The highest BCUT2D eigenvalue weighted by molar-refractivity contribution is 7.86. The van der Waals surface area contributed by atoms with Crippen molar-refractivity contribution in [2.24, 2.45) is 0 Å². The van der Waals surface area contributed by atoms with Crippen molar-refractivity contribution < 1.29 is 13.0 Å². The molecule has 0 saturated heterocycles. The Balaban J connectivity index is 3.21. The van der Waals surface area contributed by atoms with Gasteiger partial charge in [-0.2, -0.15) is 8.42 Å². The van der Waals surface area contributed by atoms with Crippen LogP contribution in [0, 0.1) is 0 Å². The van der Waals surface area contributed by atoms with Gasteiger partial charge in [0.2, 0.25) is 0 Å². The summed E-state index contributed by atoms with van der Waals surface area (Å²) in [7, 11) is -4.02. The van der Waals surface area contributed by atoms with Crippen molar-refractivity contribution in [3.8, 4) is 0 Å². The molecule has 0 aliphatic carbocycles. The third kappa shape index (κ3) is 1.72. The highest BCUT2D eigenvalue weighted by atomic mass is 32.2. The second kappa shape index (κ2) is 2.54. The van der Waals surface area contributed by atoms with Crippen LogP contribution in [-0.4, -0.2) is 13.0 Å². The van der Waals surface area contributed by atoms with E-state index in [-0.39, 0.29) is 4.90 Å². The van der Waals surface area contributed by atoms with Crippen molar-refractivity contribution in [1.29, 1.82) is 0 Å². The molecule has 0 bridgehead atoms. The second-order valence-electron chi connectivity index (χ2n) is 1.60. The molecule has 1 aromatic heterocycles. The van der Waals surface area contributed by atoms with Gasteiger partial charge < -0.3 is 0 Å². The summed E-state index contributed by atoms with van der Waals surface area (Å²) >= 11 is 5.04. The van der Waals surface area contributed by atoms with E-state index >= 15 is 0 Å². The molecule has 56 valence electrons. The summed E-state index contributed by atoms with van der Waals surface area (Å²) in [6.45, 7) is 0. The Bertz CT molecular complexity index is 323. The van der Waals surface area contributed by atoms with Gasteiger partial charge in [0.1, 0.15) is 4.90 Å². The number of thiol groups is 1. The molecule has 1 heterocycles. The molecule has 1 aromatic rings. The average Bonchev–Trinajstić information content (AvgIpc) is 2.11. The normalized spacial score (nSPS) is 11.8. The molecule has 0 aliphatic heterocycles. The van der Waals surface area contributed by atoms with E-state index in [1.807, 2.05) is 0 Å². The molecule has 6 heteroatoms. The zero-order valence-corrected chi connectivity index (χ0v) is 7.21. The van der Waals surface area contributed by atoms with Crippen LogP contribution in [-0.2, 0) is 10.1 Å². The van der Waals surface area contributed by atoms with Crippen LogP contribution >= 0.6 is 24.0 Å². The minimum Gasteiger partial charge on any atom is -0.282 e. The van der Waals surface area contributed by atoms with Gasteiger partial charge in [0.15, 0.2) is 0 Å². The van der Waals surface area contributed by atoms with E-state index < -0.39 is 10.1 Å². The van der Waals surface area contributed by atoms with Crippen LogP contribution in [0.2, 0.25) is 0 Å². The summed E-state index contributed by atoms with van der Waals surface area (Å²) < 4.78 is 29.8. The first kappa shape index (κ1) is 8.06. The van der Waals surface area contributed by atoms with Crippen LogP contribution in [0.15, 0.2) is 20.6 Å². The monoisotopic (exact) mass is 196 g/mol. The summed E-state index contributed by atoms with van der Waals surface area (Å²) in [4.78, 5) is -0.0949. The zero-order valence-electron chi connectivity index (χ0n) is 4.68. The smallest absolute Gasteiger partial charge is 0.282 e. The summed E-state index contributed by atoms with van der Waals surface area (Å²) in [5, 5.41) is 1.33. The first-order chi connectivity index (χ1) is 4.50. The summed E-state index contributed by atoms with van der Waals surface area (Å²) in [6, 6.07) is 1.29. The average molecular weight is 196 g/mol. The fourth-order valence-electron chi connectivity index (χ4n) is 0.443. The minimum atomic E-state index is -4.02. The Kier molecular flexibility index (Phi) is 2.04. The maximum atomic E-state index is 10.4. The third-order valence-electron chi connectivity index (χ3n) is 0.859. The van der Waals surface area contributed by atoms with Crippen molar-refractivity contribution >= 4 is 34.1 Å². The molecule has 0 fully saturated rings. The van der Waals surface area contributed by atoms with Gasteiger partial charge >= 0.3 is 0 Å². The molecule has 0 aliphatic rings. The predicted molar refractivity (Wildman–Crippen MR) is 41.4 cm³/mol. The highest BCUT2D eigenvalue weighted by Gasteiger charge is 2.10. The van der Waals surface area contributed by atoms with E-state index in [2.05, 4.69) is 12.6 Å². The van der Waals surface area contributed by atoms with E-state index in [0.29, 0.717) is 4.21 Å². The molecule has 0 aromatic carbocycles. The Labute approximate surface area is 67.9 Å². The highest BCUT2D eigenvalue weighted by Crippen LogP contribution is 2.21. The minimum absolute atomic E-state index is 0.0949. The van der Waals surface area contributed by atoms with E-state index in [4.69, 9.17) is 4.55 Å². The lowest BCUT2D eigenvalue weighted by molar-refractivity contribution is 0.483. The van der Waals surface area contributed by atoms with E-state index in [1.165, 1.54) is 11.4 Å². The molecule has 0 atom stereocenters. The lowest BCUT2D eigenvalue weighted by atomic mass is 10.7. The van der Waals surface area contributed by atoms with Crippen LogP contribution in [0.4, 0.5) is 0 Å². The molecule has 0 saturated carbocycles. The molecule has 0 spiro atoms. The molecule has 1 rings (SSSR count). The van der Waals surface area contributed by atoms with E-state index in [9.17, 15) is 8.42 Å². The number of thiophene rings is 1. The maximum absolute atomic E-state index is 10.4. The SMILES string of the molecule is O=S(=O)(O)c1csc(S)c1. The first-order valence-corrected chi connectivity index (χ1v) is 5.02. The first-order valence-electron chi connectivity index (χ1n) is 2.25. The molecule has 0 radical (unpaired) electrons. The molecule has 1 N–H and O–H groups in total. The van der Waals surface area contributed by atoms with Crippen molar-refractivity contribution in [3.05, 3.63) is 11.4 Å². The van der Waals surface area contributed by atoms with Gasteiger partial charge in [-0.15, -0.1) is 24.0 Å². The molecule has 3 nitrogen and oxygen atoms in total. The Morgan fingerprint density at radius 2 is 2.20 bits per heavy atom. The fraction of sp³-hybridized carbons (Fsp3) is 0. The van der Waals surface area contributed by atoms with Crippen LogP contribution in [0.3, 0.4) is 0 Å². The van der Waals surface area contributed by atoms with Gasteiger partial charge in [0.05, 0.1) is 4.21 Å². The molecule has 0 unspecified atom stereocenters. The molecule has 0 amide bonds. The van der Waals surface area contributed by atoms with Gasteiger partial charge in [-0.05, 0) is 6.07 Å². The summed E-state index contributed by atoms with van der Waals surface area (Å²) in [5.74, 6) is 0. The maximum Gasteiger partial charge on any atom is 0.295 e. The molecule has 10 heavy (non-hydrogen) atoms. The predicted octanol–water partition coefficient (Wildman–Crippen LogP) is 1.28. The van der Waals surface area contributed by atoms with Gasteiger partial charge in [-0.3, -0.25) is 4.55 Å². The Hall–Kier alpha value is -0.0400. The number of hydrogen-bond donors (Lipinski definition) is 2. The molecular weight excluding hydrogens is 192 g/mol. The lowest BCUT2D eigenvalue weighted by Crippen LogP contribution is -1.94. The van der Waals surface area contributed by atoms with Crippen LogP contribution < -0.4 is 0 Å². The summed E-state index contributed by atoms with van der Waals surface area (Å²) in [6.07, 6.45) is 0. The van der Waals surface area contributed by atoms with Gasteiger partial charge in [-0.1, -0.05) is 0 Å². The Morgan fingerprint density at radius 1 is 1.60 bits per heavy atom. The molecular formula is C4H4O3S3. The van der Waals surface area contributed by atoms with Crippen LogP contribution in [0.5, 0.6) is 0 Å². The van der Waals surface area contributed by atoms with E-state index in [1.54, 1.807) is 0 Å². The topological polar surface area (TPSA) is 54.4 Å². The van der Waals surface area contributed by atoms with Gasteiger partial charge in [0, 0.05) is 5.38 Å². The van der Waals surface area contributed by atoms with Crippen molar-refractivity contribution in [2.45, 2.75) is 9.10 Å². The standard InChI is InChI=1S/C4H4O3S3/c5-10(6,7)3-1-4(8)9-2-3/h1-2,8H,(H,5,6,7). The summed E-state index contributed by atoms with van der Waals surface area (Å²) in [5.41, 5.74) is 0. The van der Waals surface area contributed by atoms with Crippen molar-refractivity contribution in [2.75, 3.05) is 0 Å². The largest absolute Gasteiger partial charge is 0.295 e. The van der Waals surface area contributed by atoms with Gasteiger partial charge in [0.25, 0.3) is 10.1 Å². The second-order valence-corrected chi connectivity index (χ2v) is 4.71. The lowest BCUT2D eigenvalue weighted by Gasteiger charge is -1.85. The zero-order chi connectivity index (χ0) is 7.78. The van der Waals surface area contributed by atoms with Gasteiger partial charge in [-0.25, -0.2) is 0 Å². The third-order valence-corrected chi connectivity index (χ3v) is 3.02.